The van der Waals surface area contributed by atoms with E-state index in [2.05, 4.69) is 63.3 Å². The van der Waals surface area contributed by atoms with Gasteiger partial charge in [0.15, 0.2) is 0 Å². The minimum absolute atomic E-state index is 0.804. The molecule has 1 heterocycles. The largest absolute Gasteiger partial charge is 0.379 e. The van der Waals surface area contributed by atoms with Crippen molar-refractivity contribution in [1.29, 1.82) is 0 Å². The molecule has 84 valence electrons. The van der Waals surface area contributed by atoms with Gasteiger partial charge in [-0.1, -0.05) is 0 Å². The molecule has 2 rings (SSSR count). The van der Waals surface area contributed by atoms with Crippen molar-refractivity contribution >= 4 is 28.3 Å². The molecule has 1 N–H and O–H groups in total. The zero-order valence-electron chi connectivity index (χ0n) is 9.37. The number of aryl methyl sites for hydroxylation is 2. The first-order chi connectivity index (χ1) is 7.65. The summed E-state index contributed by atoms with van der Waals surface area (Å²) in [4.78, 5) is 0. The topological polar surface area (TPSA) is 29.9 Å². The highest BCUT2D eigenvalue weighted by Gasteiger charge is 2.01. The molecule has 0 amide bonds. The van der Waals surface area contributed by atoms with Crippen LogP contribution in [0.1, 0.15) is 11.4 Å². The third kappa shape index (κ3) is 2.75. The van der Waals surface area contributed by atoms with Crippen LogP contribution < -0.4 is 5.32 Å². The number of aromatic nitrogens is 2. The average molecular weight is 327 g/mol. The van der Waals surface area contributed by atoms with Crippen LogP contribution in [0.15, 0.2) is 30.3 Å². The van der Waals surface area contributed by atoms with Gasteiger partial charge in [-0.2, -0.15) is 5.10 Å². The van der Waals surface area contributed by atoms with Crippen LogP contribution >= 0.6 is 22.6 Å². The molecule has 0 atom stereocenters. The normalized spacial score (nSPS) is 10.4. The van der Waals surface area contributed by atoms with Gasteiger partial charge in [-0.15, -0.1) is 0 Å². The molecule has 3 nitrogen and oxygen atoms in total. The molecular formula is C12H14IN3. The fourth-order valence-corrected chi connectivity index (χ4v) is 1.95. The number of nitrogens with one attached hydrogen (secondary N) is 1. The summed E-state index contributed by atoms with van der Waals surface area (Å²) >= 11 is 2.30. The average Bonchev–Trinajstić information content (AvgIpc) is 2.57. The van der Waals surface area contributed by atoms with E-state index < -0.39 is 0 Å². The molecule has 0 aliphatic rings. The van der Waals surface area contributed by atoms with Crippen LogP contribution in [0.25, 0.3) is 0 Å². The smallest absolute Gasteiger partial charge is 0.0597 e. The maximum atomic E-state index is 4.31. The lowest BCUT2D eigenvalue weighted by Crippen LogP contribution is -2.05. The first-order valence-corrected chi connectivity index (χ1v) is 6.22. The molecule has 1 aromatic heterocycles. The molecule has 0 spiro atoms. The minimum atomic E-state index is 0.804. The molecule has 4 heteroatoms. The van der Waals surface area contributed by atoms with Crippen molar-refractivity contribution in [3.8, 4) is 0 Å². The number of hydrogen-bond donors (Lipinski definition) is 1. The standard InChI is InChI=1S/C12H14IN3/c1-9-7-12(16(2)15-9)8-14-11-5-3-10(13)4-6-11/h3-7,14H,8H2,1-2H3. The third-order valence-electron chi connectivity index (χ3n) is 2.42. The Labute approximate surface area is 109 Å². The Morgan fingerprint density at radius 1 is 1.31 bits per heavy atom. The zero-order chi connectivity index (χ0) is 11.5. The number of rotatable bonds is 3. The second-order valence-electron chi connectivity index (χ2n) is 3.76. The molecule has 16 heavy (non-hydrogen) atoms. The van der Waals surface area contributed by atoms with Crippen molar-refractivity contribution in [3.05, 3.63) is 45.3 Å². The number of anilines is 1. The molecule has 0 saturated carbocycles. The second-order valence-corrected chi connectivity index (χ2v) is 5.01. The van der Waals surface area contributed by atoms with Gasteiger partial charge in [-0.3, -0.25) is 4.68 Å². The van der Waals surface area contributed by atoms with Crippen LogP contribution in [-0.2, 0) is 13.6 Å². The molecule has 0 aliphatic heterocycles. The molecular weight excluding hydrogens is 313 g/mol. The Bertz CT molecular complexity index is 474. The van der Waals surface area contributed by atoms with Crippen molar-refractivity contribution in [2.24, 2.45) is 7.05 Å². The predicted molar refractivity (Wildman–Crippen MR) is 74.4 cm³/mol. The van der Waals surface area contributed by atoms with Gasteiger partial charge in [-0.05, 0) is 59.8 Å². The third-order valence-corrected chi connectivity index (χ3v) is 3.14. The van der Waals surface area contributed by atoms with Gasteiger partial charge in [0.1, 0.15) is 0 Å². The maximum Gasteiger partial charge on any atom is 0.0597 e. The van der Waals surface area contributed by atoms with Crippen molar-refractivity contribution in [1.82, 2.24) is 9.78 Å². The second kappa shape index (κ2) is 4.86. The van der Waals surface area contributed by atoms with Gasteiger partial charge < -0.3 is 5.32 Å². The Morgan fingerprint density at radius 3 is 2.56 bits per heavy atom. The van der Waals surface area contributed by atoms with Gasteiger partial charge >= 0.3 is 0 Å². The lowest BCUT2D eigenvalue weighted by Gasteiger charge is -2.06. The number of halogens is 1. The summed E-state index contributed by atoms with van der Waals surface area (Å²) in [5.41, 5.74) is 3.39. The highest BCUT2D eigenvalue weighted by molar-refractivity contribution is 14.1. The quantitative estimate of drug-likeness (QED) is 0.879. The number of benzene rings is 1. The highest BCUT2D eigenvalue weighted by atomic mass is 127. The van der Waals surface area contributed by atoms with Crippen molar-refractivity contribution < 1.29 is 0 Å². The molecule has 0 fully saturated rings. The van der Waals surface area contributed by atoms with Gasteiger partial charge in [0, 0.05) is 16.3 Å². The van der Waals surface area contributed by atoms with E-state index >= 15 is 0 Å². The van der Waals surface area contributed by atoms with Gasteiger partial charge in [0.2, 0.25) is 0 Å². The van der Waals surface area contributed by atoms with E-state index in [-0.39, 0.29) is 0 Å². The Hall–Kier alpha value is -1.04. The van der Waals surface area contributed by atoms with E-state index in [0.717, 1.165) is 17.9 Å². The molecule has 0 unspecified atom stereocenters. The van der Waals surface area contributed by atoms with Crippen molar-refractivity contribution in [3.63, 3.8) is 0 Å². The van der Waals surface area contributed by atoms with Crippen LogP contribution in [0.2, 0.25) is 0 Å². The van der Waals surface area contributed by atoms with Crippen molar-refractivity contribution in [2.75, 3.05) is 5.32 Å². The first-order valence-electron chi connectivity index (χ1n) is 5.14. The van der Waals surface area contributed by atoms with Gasteiger partial charge in [0.25, 0.3) is 0 Å². The zero-order valence-corrected chi connectivity index (χ0v) is 11.5. The fraction of sp³-hybridized carbons (Fsp3) is 0.250. The Kier molecular flexibility index (Phi) is 3.48. The summed E-state index contributed by atoms with van der Waals surface area (Å²) in [6, 6.07) is 10.5. The first kappa shape index (κ1) is 11.4. The molecule has 0 radical (unpaired) electrons. The summed E-state index contributed by atoms with van der Waals surface area (Å²) in [5.74, 6) is 0. The summed E-state index contributed by atoms with van der Waals surface area (Å²) in [6.45, 7) is 2.81. The Morgan fingerprint density at radius 2 is 2.00 bits per heavy atom. The van der Waals surface area contributed by atoms with Crippen LogP contribution in [-0.4, -0.2) is 9.78 Å². The van der Waals surface area contributed by atoms with Gasteiger partial charge in [-0.25, -0.2) is 0 Å². The maximum absolute atomic E-state index is 4.31. The Balaban J connectivity index is 2.02. The van der Waals surface area contributed by atoms with E-state index in [9.17, 15) is 0 Å². The van der Waals surface area contributed by atoms with E-state index in [1.54, 1.807) is 0 Å². The summed E-state index contributed by atoms with van der Waals surface area (Å²) in [7, 11) is 1.97. The SMILES string of the molecule is Cc1cc(CNc2ccc(I)cc2)n(C)n1. The van der Waals surface area contributed by atoms with Crippen molar-refractivity contribution in [2.45, 2.75) is 13.5 Å². The molecule has 0 saturated heterocycles. The van der Waals surface area contributed by atoms with Crippen LogP contribution in [0.5, 0.6) is 0 Å². The highest BCUT2D eigenvalue weighted by Crippen LogP contribution is 2.12. The van der Waals surface area contributed by atoms with E-state index in [1.807, 2.05) is 18.7 Å². The monoisotopic (exact) mass is 327 g/mol. The molecule has 1 aromatic carbocycles. The van der Waals surface area contributed by atoms with Gasteiger partial charge in [0.05, 0.1) is 17.9 Å². The molecule has 0 aliphatic carbocycles. The van der Waals surface area contributed by atoms with Crippen LogP contribution in [0, 0.1) is 10.5 Å². The fourth-order valence-electron chi connectivity index (χ4n) is 1.59. The summed E-state index contributed by atoms with van der Waals surface area (Å²) in [5, 5.41) is 7.69. The van der Waals surface area contributed by atoms with Crippen LogP contribution in [0.3, 0.4) is 0 Å². The molecule has 0 bridgehead atoms. The van der Waals surface area contributed by atoms with E-state index in [0.29, 0.717) is 0 Å². The summed E-state index contributed by atoms with van der Waals surface area (Å²) in [6.07, 6.45) is 0. The lowest BCUT2D eigenvalue weighted by molar-refractivity contribution is 0.713. The molecule has 2 aromatic rings. The van der Waals surface area contributed by atoms with E-state index in [4.69, 9.17) is 0 Å². The summed E-state index contributed by atoms with van der Waals surface area (Å²) < 4.78 is 3.16. The van der Waals surface area contributed by atoms with E-state index in [1.165, 1.54) is 9.26 Å². The number of nitrogens with zero attached hydrogens (tertiary/aromatic N) is 2. The predicted octanol–water partition coefficient (Wildman–Crippen LogP) is 2.95. The minimum Gasteiger partial charge on any atom is -0.379 e. The van der Waals surface area contributed by atoms with Crippen LogP contribution in [0.4, 0.5) is 5.69 Å². The lowest BCUT2D eigenvalue weighted by atomic mass is 10.3. The number of hydrogen-bond acceptors (Lipinski definition) is 2.